The normalized spacial score (nSPS) is 20.3. The lowest BCUT2D eigenvalue weighted by molar-refractivity contribution is -0.118. The van der Waals surface area contributed by atoms with Crippen molar-refractivity contribution in [3.8, 4) is 0 Å². The monoisotopic (exact) mass is 440 g/mol. The van der Waals surface area contributed by atoms with Gasteiger partial charge in [0.05, 0.1) is 4.90 Å². The summed E-state index contributed by atoms with van der Waals surface area (Å²) in [5, 5.41) is 3.14. The van der Waals surface area contributed by atoms with E-state index in [4.69, 9.17) is 0 Å². The highest BCUT2D eigenvalue weighted by Gasteiger charge is 2.28. The summed E-state index contributed by atoms with van der Waals surface area (Å²) in [6, 6.07) is 6.89. The summed E-state index contributed by atoms with van der Waals surface area (Å²) in [6.07, 6.45) is 9.13. The minimum Gasteiger partial charge on any atom is -0.350 e. The van der Waals surface area contributed by atoms with Crippen molar-refractivity contribution in [3.05, 3.63) is 40.4 Å². The van der Waals surface area contributed by atoms with Gasteiger partial charge in [-0.05, 0) is 43.5 Å². The molecule has 0 bridgehead atoms. The maximum Gasteiger partial charge on any atom is 0.247 e. The molecule has 26 heavy (non-hydrogen) atoms. The predicted octanol–water partition coefficient (Wildman–Crippen LogP) is 3.61. The third kappa shape index (κ3) is 4.75. The van der Waals surface area contributed by atoms with E-state index in [-0.39, 0.29) is 23.4 Å². The van der Waals surface area contributed by atoms with Crippen molar-refractivity contribution < 1.29 is 13.2 Å². The molecule has 1 aliphatic heterocycles. The van der Waals surface area contributed by atoms with Crippen LogP contribution >= 0.6 is 15.9 Å². The van der Waals surface area contributed by atoms with E-state index in [1.807, 2.05) is 0 Å². The molecule has 2 aliphatic rings. The van der Waals surface area contributed by atoms with Crippen molar-refractivity contribution in [3.63, 3.8) is 0 Å². The molecule has 1 saturated carbocycles. The second-order valence-electron chi connectivity index (χ2n) is 6.96. The minimum absolute atomic E-state index is 0.0300. The first-order valence-corrected chi connectivity index (χ1v) is 11.5. The fourth-order valence-electron chi connectivity index (χ4n) is 3.53. The minimum atomic E-state index is -3.52. The number of carbonyl (C=O) groups is 1. The van der Waals surface area contributed by atoms with Gasteiger partial charge in [0.2, 0.25) is 15.9 Å². The van der Waals surface area contributed by atoms with Crippen molar-refractivity contribution in [1.82, 2.24) is 9.62 Å². The highest BCUT2D eigenvalue weighted by molar-refractivity contribution is 9.10. The lowest BCUT2D eigenvalue weighted by Crippen LogP contribution is -2.40. The number of carbonyl (C=O) groups excluding carboxylic acids is 1. The first-order chi connectivity index (χ1) is 12.5. The van der Waals surface area contributed by atoms with Crippen LogP contribution in [0.25, 0.3) is 0 Å². The first kappa shape index (κ1) is 19.6. The predicted molar refractivity (Wildman–Crippen MR) is 105 cm³/mol. The van der Waals surface area contributed by atoms with Gasteiger partial charge in [-0.25, -0.2) is 8.42 Å². The fraction of sp³-hybridized carbons (Fsp3) is 0.526. The number of hydrogen-bond acceptors (Lipinski definition) is 3. The van der Waals surface area contributed by atoms with Crippen molar-refractivity contribution >= 4 is 31.9 Å². The van der Waals surface area contributed by atoms with E-state index in [1.54, 1.807) is 30.3 Å². The maximum absolute atomic E-state index is 12.7. The van der Waals surface area contributed by atoms with E-state index >= 15 is 0 Å². The number of halogens is 1. The number of hydrogen-bond donors (Lipinski definition) is 1. The van der Waals surface area contributed by atoms with Crippen LogP contribution in [0.4, 0.5) is 0 Å². The summed E-state index contributed by atoms with van der Waals surface area (Å²) in [7, 11) is -3.52. The van der Waals surface area contributed by atoms with Crippen molar-refractivity contribution in [2.24, 2.45) is 0 Å². The van der Waals surface area contributed by atoms with Crippen LogP contribution in [0, 0.1) is 0 Å². The molecule has 1 N–H and O–H groups in total. The molecule has 1 heterocycles. The van der Waals surface area contributed by atoms with Gasteiger partial charge in [-0.2, -0.15) is 4.31 Å². The fourth-order valence-corrected chi connectivity index (χ4v) is 5.18. The maximum atomic E-state index is 12.7. The van der Waals surface area contributed by atoms with Crippen molar-refractivity contribution in [1.29, 1.82) is 0 Å². The molecule has 5 nitrogen and oxygen atoms in total. The lowest BCUT2D eigenvalue weighted by Gasteiger charge is -2.26. The standard InChI is InChI=1S/C19H25BrN2O3S/c20-16-7-9-18(10-8-16)26(24,25)22-13-11-15(12-14-22)19(23)21-17-5-3-1-2-4-6-17/h7-11,17H,1-6,12-14H2,(H,21,23). The number of benzene rings is 1. The molecule has 1 aromatic carbocycles. The van der Waals surface area contributed by atoms with Gasteiger partial charge in [0.25, 0.3) is 0 Å². The zero-order valence-electron chi connectivity index (χ0n) is 14.8. The Bertz CT molecular complexity index is 766. The molecular formula is C19H25BrN2O3S. The Kier molecular flexibility index (Phi) is 6.53. The van der Waals surface area contributed by atoms with Gasteiger partial charge in [-0.3, -0.25) is 4.79 Å². The third-order valence-electron chi connectivity index (χ3n) is 5.11. The molecule has 142 valence electrons. The van der Waals surface area contributed by atoms with E-state index in [0.717, 1.165) is 17.3 Å². The van der Waals surface area contributed by atoms with Gasteiger partial charge in [-0.15, -0.1) is 0 Å². The van der Waals surface area contributed by atoms with Gasteiger partial charge in [0.15, 0.2) is 0 Å². The van der Waals surface area contributed by atoms with Crippen LogP contribution in [0.3, 0.4) is 0 Å². The molecule has 1 fully saturated rings. The molecule has 1 amide bonds. The quantitative estimate of drug-likeness (QED) is 0.726. The second kappa shape index (κ2) is 8.67. The van der Waals surface area contributed by atoms with Gasteiger partial charge in [-0.1, -0.05) is 47.7 Å². The Morgan fingerprint density at radius 2 is 1.73 bits per heavy atom. The first-order valence-electron chi connectivity index (χ1n) is 9.22. The average Bonchev–Trinajstić information content (AvgIpc) is 2.91. The van der Waals surface area contributed by atoms with E-state index in [1.165, 1.54) is 30.0 Å². The highest BCUT2D eigenvalue weighted by atomic mass is 79.9. The summed E-state index contributed by atoms with van der Waals surface area (Å²) in [5.41, 5.74) is 0.705. The molecule has 1 aliphatic carbocycles. The third-order valence-corrected chi connectivity index (χ3v) is 7.51. The van der Waals surface area contributed by atoms with Gasteiger partial charge >= 0.3 is 0 Å². The SMILES string of the molecule is O=C(NC1CCCCCC1)C1=CCN(S(=O)(=O)c2ccc(Br)cc2)CC1. The molecule has 0 aromatic heterocycles. The number of sulfonamides is 1. The zero-order valence-corrected chi connectivity index (χ0v) is 17.2. The Balaban J connectivity index is 1.62. The van der Waals surface area contributed by atoms with Gasteiger partial charge in [0, 0.05) is 29.2 Å². The van der Waals surface area contributed by atoms with E-state index in [2.05, 4.69) is 21.2 Å². The van der Waals surface area contributed by atoms with Crippen LogP contribution in [0.1, 0.15) is 44.9 Å². The van der Waals surface area contributed by atoms with Crippen LogP contribution in [0.2, 0.25) is 0 Å². The summed E-state index contributed by atoms with van der Waals surface area (Å²) < 4.78 is 27.7. The Hall–Kier alpha value is -1.18. The zero-order chi connectivity index (χ0) is 18.6. The second-order valence-corrected chi connectivity index (χ2v) is 9.81. The average molecular weight is 441 g/mol. The highest BCUT2D eigenvalue weighted by Crippen LogP contribution is 2.23. The molecule has 3 rings (SSSR count). The van der Waals surface area contributed by atoms with Crippen LogP contribution in [-0.4, -0.2) is 37.8 Å². The summed E-state index contributed by atoms with van der Waals surface area (Å²) in [4.78, 5) is 12.8. The van der Waals surface area contributed by atoms with Crippen molar-refractivity contribution in [2.75, 3.05) is 13.1 Å². The van der Waals surface area contributed by atoms with Crippen molar-refractivity contribution in [2.45, 2.75) is 55.9 Å². The van der Waals surface area contributed by atoms with E-state index < -0.39 is 10.0 Å². The van der Waals surface area contributed by atoms with E-state index in [0.29, 0.717) is 18.5 Å². The Morgan fingerprint density at radius 3 is 2.31 bits per heavy atom. The smallest absolute Gasteiger partial charge is 0.247 e. The molecule has 0 saturated heterocycles. The van der Waals surface area contributed by atoms with Crippen LogP contribution in [0.5, 0.6) is 0 Å². The molecule has 0 atom stereocenters. The molecule has 1 aromatic rings. The molecule has 0 radical (unpaired) electrons. The van der Waals surface area contributed by atoms with E-state index in [9.17, 15) is 13.2 Å². The summed E-state index contributed by atoms with van der Waals surface area (Å²) >= 11 is 3.32. The molecule has 0 unspecified atom stereocenters. The topological polar surface area (TPSA) is 66.5 Å². The van der Waals surface area contributed by atoms with Crippen LogP contribution in [-0.2, 0) is 14.8 Å². The summed E-state index contributed by atoms with van der Waals surface area (Å²) in [6.45, 7) is 0.578. The Labute approximate surface area is 164 Å². The van der Waals surface area contributed by atoms with Crippen LogP contribution in [0.15, 0.2) is 45.3 Å². The Morgan fingerprint density at radius 1 is 1.08 bits per heavy atom. The summed E-state index contributed by atoms with van der Waals surface area (Å²) in [5.74, 6) is -0.0300. The van der Waals surface area contributed by atoms with Gasteiger partial charge < -0.3 is 5.32 Å². The number of nitrogens with one attached hydrogen (secondary N) is 1. The molecule has 7 heteroatoms. The largest absolute Gasteiger partial charge is 0.350 e. The van der Waals surface area contributed by atoms with Gasteiger partial charge in [0.1, 0.15) is 0 Å². The number of nitrogens with zero attached hydrogens (tertiary/aromatic N) is 1. The van der Waals surface area contributed by atoms with Crippen LogP contribution < -0.4 is 5.32 Å². The lowest BCUT2D eigenvalue weighted by atomic mass is 10.1. The molecule has 0 spiro atoms. The molecular weight excluding hydrogens is 416 g/mol. The number of rotatable bonds is 4. The number of amides is 1.